The van der Waals surface area contributed by atoms with E-state index in [-0.39, 0.29) is 11.6 Å². The van der Waals surface area contributed by atoms with Crippen LogP contribution < -0.4 is 10.6 Å². The summed E-state index contributed by atoms with van der Waals surface area (Å²) in [5, 5.41) is 6.77. The smallest absolute Gasteiger partial charge is 0.225 e. The first-order valence-electron chi connectivity index (χ1n) is 8.58. The molecule has 0 unspecified atom stereocenters. The van der Waals surface area contributed by atoms with E-state index >= 15 is 0 Å². The van der Waals surface area contributed by atoms with Crippen molar-refractivity contribution in [3.05, 3.63) is 36.4 Å². The van der Waals surface area contributed by atoms with E-state index < -0.39 is 0 Å². The van der Waals surface area contributed by atoms with Crippen molar-refractivity contribution in [1.29, 1.82) is 0 Å². The van der Waals surface area contributed by atoms with Gasteiger partial charge in [-0.25, -0.2) is 4.98 Å². The summed E-state index contributed by atoms with van der Waals surface area (Å²) < 4.78 is 5.68. The Morgan fingerprint density at radius 1 is 1.17 bits per heavy atom. The van der Waals surface area contributed by atoms with Crippen molar-refractivity contribution in [2.24, 2.45) is 0 Å². The minimum Gasteiger partial charge on any atom is -0.376 e. The number of hydrogen-bond acceptors (Lipinski definition) is 5. The van der Waals surface area contributed by atoms with Gasteiger partial charge in [-0.1, -0.05) is 30.3 Å². The summed E-state index contributed by atoms with van der Waals surface area (Å²) in [7, 11) is 0. The minimum absolute atomic E-state index is 0.0961. The molecule has 1 aliphatic rings. The van der Waals surface area contributed by atoms with Crippen molar-refractivity contribution in [2.45, 2.75) is 45.3 Å². The molecule has 24 heavy (non-hydrogen) atoms. The largest absolute Gasteiger partial charge is 0.376 e. The predicted octanol–water partition coefficient (Wildman–Crippen LogP) is 3.94. The van der Waals surface area contributed by atoms with Crippen LogP contribution in [0.15, 0.2) is 36.4 Å². The Labute approximate surface area is 143 Å². The lowest BCUT2D eigenvalue weighted by molar-refractivity contribution is 0.120. The van der Waals surface area contributed by atoms with Crippen molar-refractivity contribution in [3.8, 4) is 11.3 Å². The van der Waals surface area contributed by atoms with Crippen molar-refractivity contribution in [3.63, 3.8) is 0 Å². The summed E-state index contributed by atoms with van der Waals surface area (Å²) in [6.07, 6.45) is 2.53. The second-order valence-corrected chi connectivity index (χ2v) is 7.22. The Bertz CT molecular complexity index is 661. The fourth-order valence-corrected chi connectivity index (χ4v) is 2.71. The third-order valence-electron chi connectivity index (χ3n) is 3.82. The summed E-state index contributed by atoms with van der Waals surface area (Å²) in [6.45, 7) is 7.95. The Kier molecular flexibility index (Phi) is 5.00. The van der Waals surface area contributed by atoms with Crippen LogP contribution in [0.1, 0.15) is 33.6 Å². The minimum atomic E-state index is -0.0961. The fourth-order valence-electron chi connectivity index (χ4n) is 2.71. The normalized spacial score (nSPS) is 17.7. The van der Waals surface area contributed by atoms with Crippen molar-refractivity contribution >= 4 is 11.8 Å². The van der Waals surface area contributed by atoms with E-state index in [4.69, 9.17) is 4.74 Å². The van der Waals surface area contributed by atoms with E-state index in [2.05, 4.69) is 53.5 Å². The van der Waals surface area contributed by atoms with Crippen LogP contribution in [0.5, 0.6) is 0 Å². The third-order valence-corrected chi connectivity index (χ3v) is 3.82. The van der Waals surface area contributed by atoms with Crippen LogP contribution in [0.3, 0.4) is 0 Å². The number of hydrogen-bond donors (Lipinski definition) is 2. The Morgan fingerprint density at radius 3 is 2.62 bits per heavy atom. The van der Waals surface area contributed by atoms with E-state index in [0.717, 1.165) is 43.1 Å². The topological polar surface area (TPSA) is 59.1 Å². The second-order valence-electron chi connectivity index (χ2n) is 7.22. The van der Waals surface area contributed by atoms with Gasteiger partial charge in [0.05, 0.1) is 11.8 Å². The van der Waals surface area contributed by atoms with Gasteiger partial charge in [-0.3, -0.25) is 0 Å². The maximum Gasteiger partial charge on any atom is 0.225 e. The Hall–Kier alpha value is -2.14. The van der Waals surface area contributed by atoms with Crippen LogP contribution in [0.25, 0.3) is 11.3 Å². The highest BCUT2D eigenvalue weighted by molar-refractivity contribution is 5.64. The second kappa shape index (κ2) is 7.18. The summed E-state index contributed by atoms with van der Waals surface area (Å²) >= 11 is 0. The molecule has 0 amide bonds. The predicted molar refractivity (Wildman–Crippen MR) is 98.3 cm³/mol. The number of nitrogens with one attached hydrogen (secondary N) is 2. The number of rotatable bonds is 5. The molecule has 0 aliphatic carbocycles. The molecule has 0 bridgehead atoms. The van der Waals surface area contributed by atoms with Crippen LogP contribution in [0.4, 0.5) is 11.8 Å². The monoisotopic (exact) mass is 326 g/mol. The molecule has 128 valence electrons. The maximum absolute atomic E-state index is 5.68. The molecule has 0 saturated carbocycles. The fraction of sp³-hybridized carbons (Fsp3) is 0.474. The first kappa shape index (κ1) is 16.7. The Balaban J connectivity index is 1.84. The van der Waals surface area contributed by atoms with Gasteiger partial charge >= 0.3 is 0 Å². The van der Waals surface area contributed by atoms with Crippen LogP contribution in [0, 0.1) is 0 Å². The van der Waals surface area contributed by atoms with E-state index in [1.807, 2.05) is 24.3 Å². The highest BCUT2D eigenvalue weighted by atomic mass is 16.5. The molecule has 1 aliphatic heterocycles. The number of anilines is 2. The zero-order chi connectivity index (χ0) is 17.0. The first-order valence-corrected chi connectivity index (χ1v) is 8.58. The molecule has 0 radical (unpaired) electrons. The summed E-state index contributed by atoms with van der Waals surface area (Å²) in [6, 6.07) is 12.2. The summed E-state index contributed by atoms with van der Waals surface area (Å²) in [5.41, 5.74) is 1.89. The average Bonchev–Trinajstić information content (AvgIpc) is 3.05. The van der Waals surface area contributed by atoms with Crippen LogP contribution in [0.2, 0.25) is 0 Å². The van der Waals surface area contributed by atoms with Crippen molar-refractivity contribution in [1.82, 2.24) is 9.97 Å². The SMILES string of the molecule is CC(C)(C)Nc1nc(NC[C@@H]2CCCO2)cc(-c2ccccc2)n1. The number of aromatic nitrogens is 2. The van der Waals surface area contributed by atoms with Gasteiger partial charge in [0.2, 0.25) is 5.95 Å². The first-order chi connectivity index (χ1) is 11.5. The van der Waals surface area contributed by atoms with E-state index in [1.54, 1.807) is 0 Å². The van der Waals surface area contributed by atoms with Crippen LogP contribution in [-0.4, -0.2) is 34.8 Å². The van der Waals surface area contributed by atoms with Crippen molar-refractivity contribution in [2.75, 3.05) is 23.8 Å². The lowest BCUT2D eigenvalue weighted by Crippen LogP contribution is -2.28. The summed E-state index contributed by atoms with van der Waals surface area (Å²) in [4.78, 5) is 9.29. The molecule has 5 nitrogen and oxygen atoms in total. The molecular weight excluding hydrogens is 300 g/mol. The quantitative estimate of drug-likeness (QED) is 0.871. The van der Waals surface area contributed by atoms with Gasteiger partial charge in [0.25, 0.3) is 0 Å². The van der Waals surface area contributed by atoms with E-state index in [0.29, 0.717) is 5.95 Å². The van der Waals surface area contributed by atoms with Gasteiger partial charge in [-0.2, -0.15) is 4.98 Å². The van der Waals surface area contributed by atoms with Gasteiger partial charge < -0.3 is 15.4 Å². The highest BCUT2D eigenvalue weighted by Gasteiger charge is 2.17. The van der Waals surface area contributed by atoms with Crippen LogP contribution in [-0.2, 0) is 4.74 Å². The molecule has 1 aromatic heterocycles. The molecule has 0 spiro atoms. The maximum atomic E-state index is 5.68. The molecular formula is C19H26N4O. The van der Waals surface area contributed by atoms with Crippen molar-refractivity contribution < 1.29 is 4.74 Å². The molecule has 5 heteroatoms. The number of benzene rings is 1. The van der Waals surface area contributed by atoms with Gasteiger partial charge in [0.15, 0.2) is 0 Å². The molecule has 1 atom stereocenters. The highest BCUT2D eigenvalue weighted by Crippen LogP contribution is 2.23. The Morgan fingerprint density at radius 2 is 1.96 bits per heavy atom. The zero-order valence-corrected chi connectivity index (χ0v) is 14.7. The molecule has 1 aromatic carbocycles. The van der Waals surface area contributed by atoms with Gasteiger partial charge in [-0.05, 0) is 33.6 Å². The lowest BCUT2D eigenvalue weighted by Gasteiger charge is -2.21. The molecule has 1 saturated heterocycles. The van der Waals surface area contributed by atoms with Gasteiger partial charge in [0, 0.05) is 30.3 Å². The number of nitrogens with zero attached hydrogens (tertiary/aromatic N) is 2. The molecule has 1 fully saturated rings. The zero-order valence-electron chi connectivity index (χ0n) is 14.7. The molecule has 2 heterocycles. The summed E-state index contributed by atoms with van der Waals surface area (Å²) in [5.74, 6) is 1.46. The average molecular weight is 326 g/mol. The van der Waals surface area contributed by atoms with E-state index in [9.17, 15) is 0 Å². The molecule has 3 rings (SSSR count). The van der Waals surface area contributed by atoms with Gasteiger partial charge in [0.1, 0.15) is 5.82 Å². The molecule has 2 aromatic rings. The lowest BCUT2D eigenvalue weighted by atomic mass is 10.1. The van der Waals surface area contributed by atoms with Gasteiger partial charge in [-0.15, -0.1) is 0 Å². The number of ether oxygens (including phenoxy) is 1. The third kappa shape index (κ3) is 4.68. The molecule has 2 N–H and O–H groups in total. The van der Waals surface area contributed by atoms with E-state index in [1.165, 1.54) is 0 Å². The standard InChI is InChI=1S/C19H26N4O/c1-19(2,3)23-18-21-16(14-8-5-4-6-9-14)12-17(22-18)20-13-15-10-7-11-24-15/h4-6,8-9,12,15H,7,10-11,13H2,1-3H3,(H2,20,21,22,23)/t15-/m0/s1. The van der Waals surface area contributed by atoms with Crippen LogP contribution >= 0.6 is 0 Å².